The highest BCUT2D eigenvalue weighted by Crippen LogP contribution is 2.34. The predicted octanol–water partition coefficient (Wildman–Crippen LogP) is 2.19. The van der Waals surface area contributed by atoms with Gasteiger partial charge in [-0.15, -0.1) is 0 Å². The fourth-order valence-corrected chi connectivity index (χ4v) is 2.99. The Kier molecular flexibility index (Phi) is 3.97. The molecule has 0 saturated carbocycles. The van der Waals surface area contributed by atoms with Gasteiger partial charge in [0, 0.05) is 24.2 Å². The van der Waals surface area contributed by atoms with E-state index in [-0.39, 0.29) is 12.1 Å². The second kappa shape index (κ2) is 5.17. The fourth-order valence-electron chi connectivity index (χ4n) is 2.74. The predicted molar refractivity (Wildman–Crippen MR) is 74.7 cm³/mol. The molecule has 1 aromatic carbocycles. The molecule has 3 atom stereocenters. The Morgan fingerprint density at radius 2 is 2.11 bits per heavy atom. The van der Waals surface area contributed by atoms with Crippen LogP contribution in [-0.4, -0.2) is 34.7 Å². The Morgan fingerprint density at radius 1 is 1.44 bits per heavy atom. The van der Waals surface area contributed by atoms with E-state index in [0.717, 1.165) is 23.6 Å². The Hall–Kier alpha value is -0.610. The molecular formula is C14H21ClN2O. The summed E-state index contributed by atoms with van der Waals surface area (Å²) in [5, 5.41) is 10.8. The lowest BCUT2D eigenvalue weighted by molar-refractivity contribution is 0.0601. The van der Waals surface area contributed by atoms with E-state index in [9.17, 15) is 5.11 Å². The van der Waals surface area contributed by atoms with Crippen molar-refractivity contribution in [2.24, 2.45) is 5.73 Å². The summed E-state index contributed by atoms with van der Waals surface area (Å²) in [6.45, 7) is 5.35. The highest BCUT2D eigenvalue weighted by atomic mass is 35.5. The van der Waals surface area contributed by atoms with E-state index in [2.05, 4.69) is 4.90 Å². The zero-order chi connectivity index (χ0) is 13.3. The number of halogens is 1. The van der Waals surface area contributed by atoms with Gasteiger partial charge < -0.3 is 10.8 Å². The molecule has 1 heterocycles. The first-order valence-electron chi connectivity index (χ1n) is 6.37. The largest absolute Gasteiger partial charge is 0.389 e. The third kappa shape index (κ3) is 2.86. The smallest absolute Gasteiger partial charge is 0.0758 e. The van der Waals surface area contributed by atoms with E-state index >= 15 is 0 Å². The van der Waals surface area contributed by atoms with Crippen molar-refractivity contribution < 1.29 is 5.11 Å². The van der Waals surface area contributed by atoms with E-state index < -0.39 is 5.60 Å². The first-order valence-corrected chi connectivity index (χ1v) is 6.75. The van der Waals surface area contributed by atoms with Gasteiger partial charge in [0.1, 0.15) is 0 Å². The van der Waals surface area contributed by atoms with E-state index in [1.165, 1.54) is 0 Å². The molecule has 0 aliphatic carbocycles. The average Bonchev–Trinajstić information content (AvgIpc) is 2.61. The van der Waals surface area contributed by atoms with Crippen LogP contribution in [-0.2, 0) is 0 Å². The maximum absolute atomic E-state index is 10.1. The highest BCUT2D eigenvalue weighted by molar-refractivity contribution is 6.31. The van der Waals surface area contributed by atoms with Crippen LogP contribution in [0.15, 0.2) is 24.3 Å². The molecule has 1 aromatic rings. The van der Waals surface area contributed by atoms with Crippen molar-refractivity contribution in [3.8, 4) is 0 Å². The number of hydrogen-bond acceptors (Lipinski definition) is 3. The number of hydrogen-bond donors (Lipinski definition) is 2. The highest BCUT2D eigenvalue weighted by Gasteiger charge is 2.37. The van der Waals surface area contributed by atoms with E-state index in [0.29, 0.717) is 6.54 Å². The number of aliphatic hydroxyl groups is 1. The van der Waals surface area contributed by atoms with Gasteiger partial charge >= 0.3 is 0 Å². The molecule has 1 saturated heterocycles. The quantitative estimate of drug-likeness (QED) is 0.884. The third-order valence-electron chi connectivity index (χ3n) is 3.60. The van der Waals surface area contributed by atoms with Crippen molar-refractivity contribution in [3.63, 3.8) is 0 Å². The van der Waals surface area contributed by atoms with Crippen LogP contribution in [0.3, 0.4) is 0 Å². The van der Waals surface area contributed by atoms with Gasteiger partial charge in [0.15, 0.2) is 0 Å². The Morgan fingerprint density at radius 3 is 2.61 bits per heavy atom. The summed E-state index contributed by atoms with van der Waals surface area (Å²) in [6.07, 6.45) is 0.778. The maximum atomic E-state index is 10.1. The minimum absolute atomic E-state index is 0.0289. The lowest BCUT2D eigenvalue weighted by Gasteiger charge is -2.32. The number of β-amino-alcohol motifs (C(OH)–C–C–N with tert-alkyl or cyclic N) is 1. The number of benzene rings is 1. The molecule has 0 radical (unpaired) electrons. The molecule has 1 aliphatic heterocycles. The van der Waals surface area contributed by atoms with Gasteiger partial charge in [-0.3, -0.25) is 4.90 Å². The number of rotatable bonds is 3. The molecule has 1 fully saturated rings. The molecule has 2 rings (SSSR count). The summed E-state index contributed by atoms with van der Waals surface area (Å²) in [5.74, 6) is 0. The molecular weight excluding hydrogens is 248 g/mol. The monoisotopic (exact) mass is 268 g/mol. The molecule has 1 aliphatic rings. The minimum Gasteiger partial charge on any atom is -0.389 e. The molecule has 0 aromatic heterocycles. The lowest BCUT2D eigenvalue weighted by atomic mass is 9.99. The van der Waals surface area contributed by atoms with E-state index in [4.69, 9.17) is 17.3 Å². The molecule has 3 nitrogen and oxygen atoms in total. The lowest BCUT2D eigenvalue weighted by Crippen LogP contribution is -2.40. The molecule has 0 bridgehead atoms. The third-order valence-corrected chi connectivity index (χ3v) is 3.94. The van der Waals surface area contributed by atoms with Crippen molar-refractivity contribution in [3.05, 3.63) is 34.9 Å². The zero-order valence-electron chi connectivity index (χ0n) is 10.9. The van der Waals surface area contributed by atoms with Crippen molar-refractivity contribution in [1.82, 2.24) is 4.90 Å². The van der Waals surface area contributed by atoms with Crippen LogP contribution in [0.2, 0.25) is 5.02 Å². The Labute approximate surface area is 114 Å². The molecule has 4 heteroatoms. The topological polar surface area (TPSA) is 49.5 Å². The van der Waals surface area contributed by atoms with Gasteiger partial charge in [-0.2, -0.15) is 0 Å². The second-order valence-corrected chi connectivity index (χ2v) is 5.95. The van der Waals surface area contributed by atoms with E-state index in [1.807, 2.05) is 38.1 Å². The number of nitrogens with two attached hydrogens (primary N) is 1. The van der Waals surface area contributed by atoms with Crippen LogP contribution in [0.4, 0.5) is 0 Å². The van der Waals surface area contributed by atoms with Crippen LogP contribution < -0.4 is 5.73 Å². The number of nitrogens with zero attached hydrogens (tertiary/aromatic N) is 1. The van der Waals surface area contributed by atoms with Crippen LogP contribution in [0.5, 0.6) is 0 Å². The summed E-state index contributed by atoms with van der Waals surface area (Å²) >= 11 is 6.27. The summed E-state index contributed by atoms with van der Waals surface area (Å²) in [6, 6.07) is 7.84. The Balaban J connectivity index is 2.28. The summed E-state index contributed by atoms with van der Waals surface area (Å²) in [7, 11) is 0. The van der Waals surface area contributed by atoms with Crippen molar-refractivity contribution >= 4 is 11.6 Å². The van der Waals surface area contributed by atoms with Gasteiger partial charge in [-0.05, 0) is 31.9 Å². The minimum atomic E-state index is -0.617. The van der Waals surface area contributed by atoms with Gasteiger partial charge in [0.2, 0.25) is 0 Å². The molecule has 100 valence electrons. The Bertz CT molecular complexity index is 420. The summed E-state index contributed by atoms with van der Waals surface area (Å²) < 4.78 is 0. The molecule has 18 heavy (non-hydrogen) atoms. The molecule has 0 spiro atoms. The van der Waals surface area contributed by atoms with Crippen LogP contribution >= 0.6 is 11.6 Å². The average molecular weight is 269 g/mol. The zero-order valence-corrected chi connectivity index (χ0v) is 11.7. The van der Waals surface area contributed by atoms with Gasteiger partial charge in [-0.1, -0.05) is 29.8 Å². The van der Waals surface area contributed by atoms with Crippen molar-refractivity contribution in [2.45, 2.75) is 38.0 Å². The van der Waals surface area contributed by atoms with E-state index in [1.54, 1.807) is 0 Å². The van der Waals surface area contributed by atoms with Crippen LogP contribution in [0, 0.1) is 0 Å². The second-order valence-electron chi connectivity index (χ2n) is 5.54. The van der Waals surface area contributed by atoms with Crippen LogP contribution in [0.25, 0.3) is 0 Å². The SMILES string of the molecule is CC(N)C(c1ccccc1Cl)N1CCC(C)(O)C1. The van der Waals surface area contributed by atoms with Gasteiger partial charge in [0.25, 0.3) is 0 Å². The first-order chi connectivity index (χ1) is 8.41. The standard InChI is InChI=1S/C14H21ClN2O/c1-10(16)13(11-5-3-4-6-12(11)15)17-8-7-14(2,18)9-17/h3-6,10,13,18H,7-9,16H2,1-2H3. The normalized spacial score (nSPS) is 28.3. The molecule has 0 amide bonds. The van der Waals surface area contributed by atoms with Crippen molar-refractivity contribution in [2.75, 3.05) is 13.1 Å². The van der Waals surface area contributed by atoms with Crippen LogP contribution in [0.1, 0.15) is 31.9 Å². The fraction of sp³-hybridized carbons (Fsp3) is 0.571. The molecule has 3 unspecified atom stereocenters. The summed E-state index contributed by atoms with van der Waals surface area (Å²) in [5.41, 5.74) is 6.56. The van der Waals surface area contributed by atoms with Gasteiger partial charge in [0.05, 0.1) is 11.6 Å². The van der Waals surface area contributed by atoms with Gasteiger partial charge in [-0.25, -0.2) is 0 Å². The maximum Gasteiger partial charge on any atom is 0.0758 e. The van der Waals surface area contributed by atoms with Crippen molar-refractivity contribution in [1.29, 1.82) is 0 Å². The first kappa shape index (κ1) is 13.8. The number of likely N-dealkylation sites (tertiary alicyclic amines) is 1. The molecule has 3 N–H and O–H groups in total. The summed E-state index contributed by atoms with van der Waals surface area (Å²) in [4.78, 5) is 2.23.